The lowest BCUT2D eigenvalue weighted by Crippen LogP contribution is -1.92. The summed E-state index contributed by atoms with van der Waals surface area (Å²) >= 11 is 0. The zero-order valence-electron chi connectivity index (χ0n) is 7.50. The Kier molecular flexibility index (Phi) is 3.88. The second-order valence-electron chi connectivity index (χ2n) is 2.57. The van der Waals surface area contributed by atoms with E-state index in [1.165, 1.54) is 6.07 Å². The summed E-state index contributed by atoms with van der Waals surface area (Å²) in [6, 6.07) is 2.88. The topological polar surface area (TPSA) is 37.3 Å². The number of hydrazone groups is 1. The molecule has 0 atom stereocenters. The van der Waals surface area contributed by atoms with Crippen molar-refractivity contribution in [1.29, 1.82) is 0 Å². The van der Waals surface area contributed by atoms with Crippen LogP contribution in [0.4, 0.5) is 10.2 Å². The van der Waals surface area contributed by atoms with Gasteiger partial charge in [0.1, 0.15) is 11.6 Å². The van der Waals surface area contributed by atoms with Gasteiger partial charge in [0, 0.05) is 6.21 Å². The van der Waals surface area contributed by atoms with E-state index in [1.54, 1.807) is 12.3 Å². The fraction of sp³-hybridized carbons (Fsp3) is 0.333. The van der Waals surface area contributed by atoms with E-state index in [9.17, 15) is 4.39 Å². The summed E-state index contributed by atoms with van der Waals surface area (Å²) in [5.41, 5.74) is 2.70. The third kappa shape index (κ3) is 3.64. The van der Waals surface area contributed by atoms with Crippen molar-refractivity contribution < 1.29 is 4.39 Å². The van der Waals surface area contributed by atoms with Crippen molar-refractivity contribution in [3.8, 4) is 0 Å². The summed E-state index contributed by atoms with van der Waals surface area (Å²) in [7, 11) is 0. The third-order valence-corrected chi connectivity index (χ3v) is 1.42. The first-order valence-corrected chi connectivity index (χ1v) is 4.22. The summed E-state index contributed by atoms with van der Waals surface area (Å²) in [6.45, 7) is 2.07. The summed E-state index contributed by atoms with van der Waals surface area (Å²) in [4.78, 5) is 3.78. The summed E-state index contributed by atoms with van der Waals surface area (Å²) < 4.78 is 12.4. The average Bonchev–Trinajstić information content (AvgIpc) is 2.15. The first-order chi connectivity index (χ1) is 6.33. The highest BCUT2D eigenvalue weighted by Crippen LogP contribution is 2.02. The van der Waals surface area contributed by atoms with E-state index in [4.69, 9.17) is 0 Å². The van der Waals surface area contributed by atoms with E-state index >= 15 is 0 Å². The van der Waals surface area contributed by atoms with E-state index in [0.717, 1.165) is 19.0 Å². The van der Waals surface area contributed by atoms with E-state index in [1.807, 2.05) is 0 Å². The van der Waals surface area contributed by atoms with E-state index in [-0.39, 0.29) is 5.82 Å². The number of hydrogen-bond donors (Lipinski definition) is 1. The van der Waals surface area contributed by atoms with Crippen LogP contribution in [0.3, 0.4) is 0 Å². The van der Waals surface area contributed by atoms with Crippen LogP contribution in [0, 0.1) is 5.82 Å². The third-order valence-electron chi connectivity index (χ3n) is 1.42. The van der Waals surface area contributed by atoms with Crippen LogP contribution in [0.5, 0.6) is 0 Å². The first-order valence-electron chi connectivity index (χ1n) is 4.22. The highest BCUT2D eigenvalue weighted by Gasteiger charge is 1.90. The van der Waals surface area contributed by atoms with Crippen LogP contribution in [-0.4, -0.2) is 11.2 Å². The Bertz CT molecular complexity index is 269. The Morgan fingerprint density at radius 3 is 3.08 bits per heavy atom. The molecule has 1 rings (SSSR count). The second-order valence-corrected chi connectivity index (χ2v) is 2.57. The molecule has 0 radical (unpaired) electrons. The van der Waals surface area contributed by atoms with Gasteiger partial charge in [-0.3, -0.25) is 5.43 Å². The predicted octanol–water partition coefficient (Wildman–Crippen LogP) is 2.42. The number of aromatic nitrogens is 1. The fourth-order valence-corrected chi connectivity index (χ4v) is 0.747. The molecule has 0 aromatic carbocycles. The maximum absolute atomic E-state index is 12.4. The van der Waals surface area contributed by atoms with Crippen LogP contribution in [0.1, 0.15) is 19.8 Å². The average molecular weight is 181 g/mol. The van der Waals surface area contributed by atoms with Crippen LogP contribution in [0.25, 0.3) is 0 Å². The summed E-state index contributed by atoms with van der Waals surface area (Å²) in [5.74, 6) is 0.205. The van der Waals surface area contributed by atoms with Gasteiger partial charge in [0.05, 0.1) is 6.20 Å². The first kappa shape index (κ1) is 9.64. The number of pyridine rings is 1. The van der Waals surface area contributed by atoms with Crippen molar-refractivity contribution >= 4 is 12.0 Å². The van der Waals surface area contributed by atoms with Gasteiger partial charge in [0.15, 0.2) is 0 Å². The molecule has 4 heteroatoms. The minimum absolute atomic E-state index is 0.344. The van der Waals surface area contributed by atoms with Gasteiger partial charge in [-0.1, -0.05) is 13.3 Å². The molecule has 70 valence electrons. The number of unbranched alkanes of at least 4 members (excludes halogenated alkanes) is 1. The molecule has 1 heterocycles. The van der Waals surface area contributed by atoms with E-state index in [0.29, 0.717) is 5.82 Å². The monoisotopic (exact) mass is 181 g/mol. The van der Waals surface area contributed by atoms with Gasteiger partial charge in [-0.15, -0.1) is 0 Å². The van der Waals surface area contributed by atoms with Crippen molar-refractivity contribution in [3.63, 3.8) is 0 Å². The Hall–Kier alpha value is -1.45. The maximum atomic E-state index is 12.4. The van der Waals surface area contributed by atoms with E-state index < -0.39 is 0 Å². The molecule has 0 spiro atoms. The van der Waals surface area contributed by atoms with Crippen molar-refractivity contribution in [1.82, 2.24) is 4.98 Å². The van der Waals surface area contributed by atoms with Crippen molar-refractivity contribution in [2.45, 2.75) is 19.8 Å². The smallest absolute Gasteiger partial charge is 0.146 e. The van der Waals surface area contributed by atoms with Gasteiger partial charge in [-0.25, -0.2) is 9.37 Å². The number of rotatable bonds is 4. The zero-order valence-corrected chi connectivity index (χ0v) is 7.50. The highest BCUT2D eigenvalue weighted by atomic mass is 19.1. The number of hydrogen-bond acceptors (Lipinski definition) is 3. The molecule has 1 N–H and O–H groups in total. The lowest BCUT2D eigenvalue weighted by atomic mass is 10.4. The van der Waals surface area contributed by atoms with Gasteiger partial charge < -0.3 is 0 Å². The van der Waals surface area contributed by atoms with Crippen molar-refractivity contribution in [2.75, 3.05) is 5.43 Å². The molecule has 0 bridgehead atoms. The Morgan fingerprint density at radius 2 is 2.46 bits per heavy atom. The van der Waals surface area contributed by atoms with Crippen molar-refractivity contribution in [2.24, 2.45) is 5.10 Å². The maximum Gasteiger partial charge on any atom is 0.146 e. The number of halogens is 1. The molecule has 1 aromatic heterocycles. The Labute approximate surface area is 76.7 Å². The highest BCUT2D eigenvalue weighted by molar-refractivity contribution is 5.58. The summed E-state index contributed by atoms with van der Waals surface area (Å²) in [5, 5.41) is 3.90. The van der Waals surface area contributed by atoms with Gasteiger partial charge >= 0.3 is 0 Å². The van der Waals surface area contributed by atoms with Gasteiger partial charge in [-0.05, 0) is 18.6 Å². The zero-order chi connectivity index (χ0) is 9.52. The van der Waals surface area contributed by atoms with Gasteiger partial charge in [0.2, 0.25) is 0 Å². The largest absolute Gasteiger partial charge is 0.262 e. The minimum Gasteiger partial charge on any atom is -0.262 e. The van der Waals surface area contributed by atoms with Crippen LogP contribution >= 0.6 is 0 Å². The van der Waals surface area contributed by atoms with Gasteiger partial charge in [-0.2, -0.15) is 5.10 Å². The summed E-state index contributed by atoms with van der Waals surface area (Å²) in [6.07, 6.45) is 4.90. The second kappa shape index (κ2) is 5.24. The van der Waals surface area contributed by atoms with Crippen molar-refractivity contribution in [3.05, 3.63) is 24.1 Å². The lowest BCUT2D eigenvalue weighted by Gasteiger charge is -1.96. The molecule has 0 amide bonds. The van der Waals surface area contributed by atoms with Crippen LogP contribution in [0.2, 0.25) is 0 Å². The SMILES string of the molecule is CCC/C=N/Nc1ccc(F)cn1. The Balaban J connectivity index is 2.41. The number of anilines is 1. The molecular weight excluding hydrogens is 169 g/mol. The molecule has 0 aliphatic carbocycles. The molecule has 13 heavy (non-hydrogen) atoms. The molecule has 0 fully saturated rings. The number of nitrogens with zero attached hydrogens (tertiary/aromatic N) is 2. The standard InChI is InChI=1S/C9H12FN3/c1-2-3-6-12-13-9-5-4-8(10)7-11-9/h4-7H,2-3H2,1H3,(H,11,13)/b12-6+. The quantitative estimate of drug-likeness (QED) is 0.572. The van der Waals surface area contributed by atoms with Crippen LogP contribution in [-0.2, 0) is 0 Å². The normalized spacial score (nSPS) is 10.6. The number of nitrogens with one attached hydrogen (secondary N) is 1. The lowest BCUT2D eigenvalue weighted by molar-refractivity contribution is 0.622. The van der Waals surface area contributed by atoms with Crippen LogP contribution < -0.4 is 5.43 Å². The van der Waals surface area contributed by atoms with E-state index in [2.05, 4.69) is 22.4 Å². The van der Waals surface area contributed by atoms with Crippen LogP contribution in [0.15, 0.2) is 23.4 Å². The van der Waals surface area contributed by atoms with Gasteiger partial charge in [0.25, 0.3) is 0 Å². The minimum atomic E-state index is -0.344. The molecular formula is C9H12FN3. The molecule has 0 aliphatic heterocycles. The molecule has 1 aromatic rings. The predicted molar refractivity (Wildman–Crippen MR) is 51.2 cm³/mol. The molecule has 0 unspecified atom stereocenters. The molecule has 3 nitrogen and oxygen atoms in total. The molecule has 0 aliphatic rings. The molecule has 0 saturated heterocycles. The fourth-order valence-electron chi connectivity index (χ4n) is 0.747. The Morgan fingerprint density at radius 1 is 1.62 bits per heavy atom. The molecule has 0 saturated carbocycles.